The highest BCUT2D eigenvalue weighted by molar-refractivity contribution is 5.77. The molecule has 30 heavy (non-hydrogen) atoms. The first-order chi connectivity index (χ1) is 14.5. The molecule has 0 radical (unpaired) electrons. The Morgan fingerprint density at radius 1 is 0.700 bits per heavy atom. The summed E-state index contributed by atoms with van der Waals surface area (Å²) >= 11 is 0. The zero-order valence-electron chi connectivity index (χ0n) is 17.2. The van der Waals surface area contributed by atoms with Gasteiger partial charge in [-0.2, -0.15) is 0 Å². The lowest BCUT2D eigenvalue weighted by atomic mass is 10.0. The number of carbonyl (C=O) groups excluding carboxylic acids is 2. The van der Waals surface area contributed by atoms with E-state index in [1.165, 1.54) is 5.56 Å². The molecule has 0 aliphatic carbocycles. The fourth-order valence-electron chi connectivity index (χ4n) is 3.07. The summed E-state index contributed by atoms with van der Waals surface area (Å²) in [7, 11) is 1.67. The summed E-state index contributed by atoms with van der Waals surface area (Å²) < 4.78 is 10.2. The fraction of sp³-hybridized carbons (Fsp3) is 0.200. The molecule has 0 aromatic heterocycles. The summed E-state index contributed by atoms with van der Waals surface area (Å²) in [6, 6.07) is 25.9. The minimum Gasteiger partial charge on any atom is -0.465 e. The van der Waals surface area contributed by atoms with Crippen LogP contribution in [0, 0.1) is 0 Å². The van der Waals surface area contributed by atoms with Gasteiger partial charge in [-0.05, 0) is 48.4 Å². The molecule has 0 aliphatic rings. The maximum atomic E-state index is 12.1. The van der Waals surface area contributed by atoms with Crippen LogP contribution < -0.4 is 4.74 Å². The molecule has 3 aromatic carbocycles. The van der Waals surface area contributed by atoms with Gasteiger partial charge >= 0.3 is 11.9 Å². The summed E-state index contributed by atoms with van der Waals surface area (Å²) in [6.45, 7) is 2.11. The van der Waals surface area contributed by atoms with Crippen LogP contribution in [0.2, 0.25) is 0 Å². The Morgan fingerprint density at radius 3 is 1.70 bits per heavy atom. The molecule has 3 aromatic rings. The maximum absolute atomic E-state index is 12.1. The minimum absolute atomic E-state index is 0.00150. The standard InChI is InChI=1S/C25H25NO4/c1-3-29-24(27)17-26(2)18-25(28)30-23-15-13-22(14-16-23)21-11-9-20(10-12-21)19-7-5-4-6-8-19/h4-16H,3,17-18H2,1-2H3. The van der Waals surface area contributed by atoms with Gasteiger partial charge in [-0.15, -0.1) is 0 Å². The predicted molar refractivity (Wildman–Crippen MR) is 117 cm³/mol. The number of hydrogen-bond donors (Lipinski definition) is 0. The van der Waals surface area contributed by atoms with Crippen LogP contribution in [-0.4, -0.2) is 43.6 Å². The molecule has 0 unspecified atom stereocenters. The van der Waals surface area contributed by atoms with Gasteiger partial charge in [0.2, 0.25) is 0 Å². The number of benzene rings is 3. The maximum Gasteiger partial charge on any atom is 0.325 e. The van der Waals surface area contributed by atoms with E-state index in [9.17, 15) is 9.59 Å². The molecule has 5 nitrogen and oxygen atoms in total. The Kier molecular flexibility index (Phi) is 7.35. The molecule has 3 rings (SSSR count). The van der Waals surface area contributed by atoms with Crippen molar-refractivity contribution in [1.82, 2.24) is 4.90 Å². The molecule has 0 saturated heterocycles. The molecule has 0 atom stereocenters. The topological polar surface area (TPSA) is 55.8 Å². The third-order valence-corrected chi connectivity index (χ3v) is 4.51. The summed E-state index contributed by atoms with van der Waals surface area (Å²) in [4.78, 5) is 25.1. The van der Waals surface area contributed by atoms with Gasteiger partial charge in [0.25, 0.3) is 0 Å². The van der Waals surface area contributed by atoms with Crippen molar-refractivity contribution in [3.63, 3.8) is 0 Å². The van der Waals surface area contributed by atoms with Crippen LogP contribution in [0.3, 0.4) is 0 Å². The van der Waals surface area contributed by atoms with E-state index in [0.29, 0.717) is 12.4 Å². The number of ether oxygens (including phenoxy) is 2. The van der Waals surface area contributed by atoms with E-state index in [2.05, 4.69) is 36.4 Å². The molecular weight excluding hydrogens is 378 g/mol. The lowest BCUT2D eigenvalue weighted by molar-refractivity contribution is -0.145. The van der Waals surface area contributed by atoms with Gasteiger partial charge in [0.05, 0.1) is 19.7 Å². The van der Waals surface area contributed by atoms with Crippen molar-refractivity contribution >= 4 is 11.9 Å². The molecule has 0 N–H and O–H groups in total. The molecule has 0 bridgehead atoms. The first-order valence-electron chi connectivity index (χ1n) is 9.86. The Balaban J connectivity index is 1.57. The molecule has 5 heteroatoms. The minimum atomic E-state index is -0.429. The monoisotopic (exact) mass is 403 g/mol. The van der Waals surface area contributed by atoms with Crippen molar-refractivity contribution in [2.45, 2.75) is 6.92 Å². The third kappa shape index (κ3) is 6.03. The van der Waals surface area contributed by atoms with Crippen molar-refractivity contribution in [3.8, 4) is 28.0 Å². The highest BCUT2D eigenvalue weighted by atomic mass is 16.5. The molecule has 0 aliphatic heterocycles. The van der Waals surface area contributed by atoms with E-state index in [0.717, 1.165) is 16.7 Å². The quantitative estimate of drug-likeness (QED) is 0.412. The Hall–Kier alpha value is -3.44. The van der Waals surface area contributed by atoms with E-state index in [-0.39, 0.29) is 19.1 Å². The smallest absolute Gasteiger partial charge is 0.325 e. The highest BCUT2D eigenvalue weighted by Gasteiger charge is 2.13. The second-order valence-electron chi connectivity index (χ2n) is 6.92. The second-order valence-corrected chi connectivity index (χ2v) is 6.92. The molecular formula is C25H25NO4. The largest absolute Gasteiger partial charge is 0.465 e. The Bertz CT molecular complexity index is 966. The number of carbonyl (C=O) groups is 2. The van der Waals surface area contributed by atoms with Gasteiger partial charge in [-0.3, -0.25) is 14.5 Å². The molecule has 154 valence electrons. The van der Waals surface area contributed by atoms with E-state index in [4.69, 9.17) is 9.47 Å². The third-order valence-electron chi connectivity index (χ3n) is 4.51. The Labute approximate surface area is 176 Å². The van der Waals surface area contributed by atoms with E-state index < -0.39 is 5.97 Å². The molecule has 0 fully saturated rings. The van der Waals surface area contributed by atoms with Crippen LogP contribution >= 0.6 is 0 Å². The fourth-order valence-corrected chi connectivity index (χ4v) is 3.07. The van der Waals surface area contributed by atoms with Crippen LogP contribution in [0.25, 0.3) is 22.3 Å². The highest BCUT2D eigenvalue weighted by Crippen LogP contribution is 2.26. The Morgan fingerprint density at radius 2 is 1.17 bits per heavy atom. The van der Waals surface area contributed by atoms with E-state index in [1.54, 1.807) is 31.0 Å². The lowest BCUT2D eigenvalue weighted by Crippen LogP contribution is -2.33. The van der Waals surface area contributed by atoms with Crippen LogP contribution in [0.4, 0.5) is 0 Å². The number of hydrogen-bond acceptors (Lipinski definition) is 5. The molecule has 0 amide bonds. The van der Waals surface area contributed by atoms with Crippen LogP contribution in [0.1, 0.15) is 6.92 Å². The van der Waals surface area contributed by atoms with Crippen LogP contribution in [0.15, 0.2) is 78.9 Å². The van der Waals surface area contributed by atoms with Gasteiger partial charge in [-0.25, -0.2) is 0 Å². The lowest BCUT2D eigenvalue weighted by Gasteiger charge is -2.14. The zero-order valence-corrected chi connectivity index (χ0v) is 17.2. The first kappa shape index (κ1) is 21.3. The summed E-state index contributed by atoms with van der Waals surface area (Å²) in [6.07, 6.45) is 0. The number of rotatable bonds is 8. The average molecular weight is 403 g/mol. The molecule has 0 spiro atoms. The SMILES string of the molecule is CCOC(=O)CN(C)CC(=O)Oc1ccc(-c2ccc(-c3ccccc3)cc2)cc1. The number of likely N-dealkylation sites (N-methyl/N-ethyl adjacent to an activating group) is 1. The van der Waals surface area contributed by atoms with Crippen molar-refractivity contribution in [1.29, 1.82) is 0 Å². The average Bonchev–Trinajstić information content (AvgIpc) is 2.75. The molecule has 0 saturated carbocycles. The molecule has 0 heterocycles. The van der Waals surface area contributed by atoms with E-state index >= 15 is 0 Å². The van der Waals surface area contributed by atoms with Crippen LogP contribution in [0.5, 0.6) is 5.75 Å². The zero-order chi connectivity index (χ0) is 21.3. The van der Waals surface area contributed by atoms with Crippen molar-refractivity contribution in [2.75, 3.05) is 26.7 Å². The van der Waals surface area contributed by atoms with Crippen molar-refractivity contribution in [2.24, 2.45) is 0 Å². The predicted octanol–water partition coefficient (Wildman–Crippen LogP) is 4.42. The normalized spacial score (nSPS) is 10.6. The van der Waals surface area contributed by atoms with Crippen molar-refractivity contribution < 1.29 is 19.1 Å². The summed E-state index contributed by atoms with van der Waals surface area (Å²) in [5, 5.41) is 0. The second kappa shape index (κ2) is 10.4. The summed E-state index contributed by atoms with van der Waals surface area (Å²) in [5.41, 5.74) is 4.46. The van der Waals surface area contributed by atoms with Gasteiger partial charge in [0, 0.05) is 0 Å². The summed E-state index contributed by atoms with van der Waals surface area (Å²) in [5.74, 6) is -0.327. The number of esters is 2. The van der Waals surface area contributed by atoms with Gasteiger partial charge in [-0.1, -0.05) is 66.7 Å². The van der Waals surface area contributed by atoms with Gasteiger partial charge < -0.3 is 9.47 Å². The van der Waals surface area contributed by atoms with Gasteiger partial charge in [0.15, 0.2) is 0 Å². The number of nitrogens with zero attached hydrogens (tertiary/aromatic N) is 1. The van der Waals surface area contributed by atoms with Crippen molar-refractivity contribution in [3.05, 3.63) is 78.9 Å². The van der Waals surface area contributed by atoms with Crippen LogP contribution in [-0.2, 0) is 14.3 Å². The first-order valence-corrected chi connectivity index (χ1v) is 9.86. The van der Waals surface area contributed by atoms with Gasteiger partial charge in [0.1, 0.15) is 5.75 Å². The van der Waals surface area contributed by atoms with E-state index in [1.807, 2.05) is 30.3 Å².